The highest BCUT2D eigenvalue weighted by Crippen LogP contribution is 2.47. The molecule has 4 aromatic rings. The normalized spacial score (nSPS) is 17.3. The summed E-state index contributed by atoms with van der Waals surface area (Å²) in [5.74, 6) is -3.49. The van der Waals surface area contributed by atoms with Gasteiger partial charge in [0.05, 0.1) is 24.9 Å². The second kappa shape index (κ2) is 13.9. The van der Waals surface area contributed by atoms with Crippen LogP contribution < -0.4 is 25.8 Å². The molecule has 3 heterocycles. The van der Waals surface area contributed by atoms with Gasteiger partial charge in [-0.2, -0.15) is 13.2 Å². The minimum Gasteiger partial charge on any atom is -0.489 e. The van der Waals surface area contributed by atoms with Crippen LogP contribution in [-0.4, -0.2) is 88.2 Å². The molecule has 1 aliphatic rings. The smallest absolute Gasteiger partial charge is 0.424 e. The number of ether oxygens (including phenoxy) is 2. The van der Waals surface area contributed by atoms with Crippen molar-refractivity contribution in [3.8, 4) is 22.8 Å². The average molecular weight is 702 g/mol. The van der Waals surface area contributed by atoms with Crippen LogP contribution in [0.1, 0.15) is 28.5 Å². The van der Waals surface area contributed by atoms with Gasteiger partial charge in [0.2, 0.25) is 11.5 Å². The van der Waals surface area contributed by atoms with Crippen LogP contribution in [0, 0.1) is 5.82 Å². The number of aliphatic hydroxyl groups excluding tert-OH is 2. The highest BCUT2D eigenvalue weighted by atomic mass is 19.4. The number of rotatable bonds is 12. The Morgan fingerprint density at radius 2 is 1.84 bits per heavy atom. The maximum atomic E-state index is 14.8. The van der Waals surface area contributed by atoms with Crippen molar-refractivity contribution in [3.05, 3.63) is 83.4 Å². The van der Waals surface area contributed by atoms with E-state index in [4.69, 9.17) is 20.3 Å². The molecule has 2 aromatic heterocycles. The molecule has 3 atom stereocenters. The summed E-state index contributed by atoms with van der Waals surface area (Å²) in [5, 5.41) is 34.4. The quantitative estimate of drug-likeness (QED) is 0.118. The lowest BCUT2D eigenvalue weighted by Crippen LogP contribution is -2.51. The molecule has 0 bridgehead atoms. The molecule has 0 aliphatic carbocycles. The van der Waals surface area contributed by atoms with Crippen molar-refractivity contribution in [1.82, 2.24) is 20.6 Å². The lowest BCUT2D eigenvalue weighted by molar-refractivity contribution is -0.265. The van der Waals surface area contributed by atoms with E-state index >= 15 is 0 Å². The number of nitrogens with zero attached hydrogens (tertiary/aromatic N) is 2. The van der Waals surface area contributed by atoms with E-state index < -0.39 is 72.3 Å². The van der Waals surface area contributed by atoms with Crippen LogP contribution in [0.15, 0.2) is 60.8 Å². The number of amides is 3. The largest absolute Gasteiger partial charge is 0.489 e. The Morgan fingerprint density at radius 1 is 1.12 bits per heavy atom. The molecule has 3 amide bonds. The molecule has 50 heavy (non-hydrogen) atoms. The van der Waals surface area contributed by atoms with Crippen molar-refractivity contribution >= 4 is 28.6 Å². The first kappa shape index (κ1) is 35.9. The molecule has 0 saturated carbocycles. The fourth-order valence-corrected chi connectivity index (χ4v) is 5.14. The summed E-state index contributed by atoms with van der Waals surface area (Å²) in [6.45, 7) is -1.89. The van der Waals surface area contributed by atoms with Crippen molar-refractivity contribution < 1.29 is 56.7 Å². The van der Waals surface area contributed by atoms with Gasteiger partial charge in [-0.1, -0.05) is 6.07 Å². The highest BCUT2D eigenvalue weighted by molar-refractivity contribution is 6.00. The van der Waals surface area contributed by atoms with E-state index in [9.17, 15) is 42.2 Å². The monoisotopic (exact) mass is 701 g/mol. The summed E-state index contributed by atoms with van der Waals surface area (Å²) in [6.07, 6.45) is -5.23. The first-order valence-electron chi connectivity index (χ1n) is 15.0. The molecule has 264 valence electrons. The van der Waals surface area contributed by atoms with Crippen molar-refractivity contribution in [3.63, 3.8) is 0 Å². The standard InChI is InChI=1S/C33H31F4N5O8/c1-31(30(38)47)16-50-28-22(31)11-24(42-27(28)17-4-6-20(34)7-5-17)32(48,33(35,36)37)15-41-29(46)19-9-18-3-2-8-39-26(18)23(10-19)49-14-25(45)40-12-21(44)13-43/h2-11,21,43-44,48H,12-16H2,1H3,(H2,38,47)(H,40,45)(H,41,46)/t21-,31-,32?/m0/s1. The maximum Gasteiger partial charge on any atom is 0.424 e. The first-order valence-corrected chi connectivity index (χ1v) is 15.0. The minimum absolute atomic E-state index is 0.0767. The molecule has 0 spiro atoms. The zero-order valence-electron chi connectivity index (χ0n) is 26.3. The summed E-state index contributed by atoms with van der Waals surface area (Å²) < 4.78 is 69.3. The topological polar surface area (TPSA) is 206 Å². The van der Waals surface area contributed by atoms with Crippen LogP contribution in [0.3, 0.4) is 0 Å². The summed E-state index contributed by atoms with van der Waals surface area (Å²) in [7, 11) is 0. The van der Waals surface area contributed by atoms with Gasteiger partial charge in [0, 0.05) is 34.8 Å². The van der Waals surface area contributed by atoms with Gasteiger partial charge in [0.25, 0.3) is 11.8 Å². The second-order valence-corrected chi connectivity index (χ2v) is 11.7. The Kier molecular flexibility index (Phi) is 9.95. The fourth-order valence-electron chi connectivity index (χ4n) is 5.14. The molecule has 0 radical (unpaired) electrons. The second-order valence-electron chi connectivity index (χ2n) is 11.7. The molecule has 5 rings (SSSR count). The van der Waals surface area contributed by atoms with Crippen molar-refractivity contribution in [1.29, 1.82) is 0 Å². The molecule has 2 aromatic carbocycles. The number of carbonyl (C=O) groups is 3. The van der Waals surface area contributed by atoms with E-state index in [-0.39, 0.29) is 52.6 Å². The van der Waals surface area contributed by atoms with Crippen LogP contribution in [0.4, 0.5) is 17.6 Å². The van der Waals surface area contributed by atoms with E-state index in [1.54, 1.807) is 6.07 Å². The van der Waals surface area contributed by atoms with Crippen molar-refractivity contribution in [2.24, 2.45) is 5.73 Å². The molecule has 13 nitrogen and oxygen atoms in total. The van der Waals surface area contributed by atoms with Crippen LogP contribution in [0.2, 0.25) is 0 Å². The van der Waals surface area contributed by atoms with Crippen LogP contribution in [0.5, 0.6) is 11.5 Å². The van der Waals surface area contributed by atoms with Gasteiger partial charge < -0.3 is 41.2 Å². The third kappa shape index (κ3) is 7.01. The van der Waals surface area contributed by atoms with E-state index in [2.05, 4.69) is 20.6 Å². The van der Waals surface area contributed by atoms with Gasteiger partial charge in [-0.15, -0.1) is 0 Å². The van der Waals surface area contributed by atoms with Crippen LogP contribution in [0.25, 0.3) is 22.2 Å². The Labute approximate surface area is 281 Å². The predicted octanol–water partition coefficient (Wildman–Crippen LogP) is 1.60. The molecule has 17 heteroatoms. The van der Waals surface area contributed by atoms with E-state index in [1.807, 2.05) is 0 Å². The number of nitrogens with one attached hydrogen (secondary N) is 2. The lowest BCUT2D eigenvalue weighted by atomic mass is 9.81. The number of primary amides is 1. The molecular formula is C33H31F4N5O8. The molecule has 0 fully saturated rings. The number of halogens is 4. The summed E-state index contributed by atoms with van der Waals surface area (Å²) >= 11 is 0. The number of benzene rings is 2. The van der Waals surface area contributed by atoms with Gasteiger partial charge in [0.15, 0.2) is 6.61 Å². The third-order valence-electron chi connectivity index (χ3n) is 8.17. The van der Waals surface area contributed by atoms with Gasteiger partial charge in [-0.05, 0) is 55.5 Å². The van der Waals surface area contributed by atoms with Crippen LogP contribution in [-0.2, 0) is 20.6 Å². The third-order valence-corrected chi connectivity index (χ3v) is 8.17. The lowest BCUT2D eigenvalue weighted by Gasteiger charge is -2.31. The Bertz CT molecular complexity index is 1940. The average Bonchev–Trinajstić information content (AvgIpc) is 3.45. The van der Waals surface area contributed by atoms with E-state index in [0.717, 1.165) is 24.3 Å². The number of hydrogen-bond donors (Lipinski definition) is 6. The van der Waals surface area contributed by atoms with Gasteiger partial charge in [-0.25, -0.2) is 9.37 Å². The van der Waals surface area contributed by atoms with Crippen LogP contribution >= 0.6 is 0 Å². The number of fused-ring (bicyclic) bond motifs is 2. The predicted molar refractivity (Wildman–Crippen MR) is 167 cm³/mol. The maximum absolute atomic E-state index is 14.8. The molecule has 1 unspecified atom stereocenters. The van der Waals surface area contributed by atoms with Gasteiger partial charge >= 0.3 is 6.18 Å². The number of aromatic nitrogens is 2. The number of carbonyl (C=O) groups excluding carboxylic acids is 3. The number of hydrogen-bond acceptors (Lipinski definition) is 10. The number of pyridine rings is 2. The molecule has 1 aliphatic heterocycles. The molecule has 0 saturated heterocycles. The van der Waals surface area contributed by atoms with E-state index in [0.29, 0.717) is 5.39 Å². The van der Waals surface area contributed by atoms with Gasteiger partial charge in [-0.3, -0.25) is 19.4 Å². The zero-order valence-corrected chi connectivity index (χ0v) is 26.3. The Morgan fingerprint density at radius 3 is 2.50 bits per heavy atom. The van der Waals surface area contributed by atoms with Crippen molar-refractivity contribution in [2.45, 2.75) is 30.2 Å². The number of aliphatic hydroxyl groups is 3. The Hall–Kier alpha value is -5.39. The fraction of sp³-hybridized carbons (Fsp3) is 0.303. The SMILES string of the molecule is C[C@]1(C(N)=O)COc2c1cc(C(O)(CNC(=O)c1cc(OCC(=O)NC[C@H](O)CO)c3ncccc3c1)C(F)(F)F)nc2-c1ccc(F)cc1. The van der Waals surface area contributed by atoms with E-state index in [1.165, 1.54) is 37.4 Å². The highest BCUT2D eigenvalue weighted by Gasteiger charge is 2.57. The zero-order chi connectivity index (χ0) is 36.4. The van der Waals surface area contributed by atoms with Crippen molar-refractivity contribution in [2.75, 3.05) is 32.9 Å². The van der Waals surface area contributed by atoms with Gasteiger partial charge in [0.1, 0.15) is 40.5 Å². The summed E-state index contributed by atoms with van der Waals surface area (Å²) in [4.78, 5) is 46.3. The Balaban J connectivity index is 1.48. The molecular weight excluding hydrogens is 670 g/mol. The summed E-state index contributed by atoms with van der Waals surface area (Å²) in [6, 6.07) is 10.9. The summed E-state index contributed by atoms with van der Waals surface area (Å²) in [5.41, 5.74) is -1.06. The first-order chi connectivity index (χ1) is 23.6. The number of nitrogens with two attached hydrogens (primary N) is 1. The number of alkyl halides is 3. The minimum atomic E-state index is -5.44. The molecule has 7 N–H and O–H groups in total.